The second-order valence-electron chi connectivity index (χ2n) is 5.38. The van der Waals surface area contributed by atoms with E-state index in [0.717, 1.165) is 21.8 Å². The van der Waals surface area contributed by atoms with Crippen molar-refractivity contribution in [3.8, 4) is 5.88 Å². The van der Waals surface area contributed by atoms with Crippen molar-refractivity contribution in [3.05, 3.63) is 51.2 Å². The first-order valence-corrected chi connectivity index (χ1v) is 9.17. The summed E-state index contributed by atoms with van der Waals surface area (Å²) >= 11 is 6.68. The number of pyridine rings is 1. The molecule has 0 aliphatic rings. The van der Waals surface area contributed by atoms with E-state index < -0.39 is 5.91 Å². The standard InChI is InChI=1S/C17H14Br2N4O2/c1-2-5-23-14-4-3-11(18)7-13(14)15(17(23)25)21-22-16(24)10-6-12(19)9-20-8-10/h3-4,6-9,25H,2,5H2,1H3. The fourth-order valence-corrected chi connectivity index (χ4v) is 3.25. The molecule has 1 aromatic carbocycles. The Bertz CT molecular complexity index is 982. The van der Waals surface area contributed by atoms with Crippen LogP contribution >= 0.6 is 31.9 Å². The molecule has 0 spiro atoms. The Balaban J connectivity index is 2.04. The zero-order valence-corrected chi connectivity index (χ0v) is 16.5. The number of azo groups is 1. The molecule has 0 aliphatic heterocycles. The van der Waals surface area contributed by atoms with Crippen LogP contribution in [0.2, 0.25) is 0 Å². The summed E-state index contributed by atoms with van der Waals surface area (Å²) in [6.45, 7) is 2.66. The number of carbonyl (C=O) groups excluding carboxylic acids is 1. The van der Waals surface area contributed by atoms with Gasteiger partial charge in [-0.2, -0.15) is 0 Å². The fraction of sp³-hybridized carbons (Fsp3) is 0.176. The van der Waals surface area contributed by atoms with Crippen LogP contribution in [0.3, 0.4) is 0 Å². The lowest BCUT2D eigenvalue weighted by molar-refractivity contribution is 0.0994. The molecular weight excluding hydrogens is 452 g/mol. The molecule has 2 aromatic heterocycles. The van der Waals surface area contributed by atoms with Crippen LogP contribution in [0.15, 0.2) is 55.8 Å². The van der Waals surface area contributed by atoms with Crippen LogP contribution in [0.1, 0.15) is 23.7 Å². The molecule has 0 saturated heterocycles. The van der Waals surface area contributed by atoms with Crippen LogP contribution in [-0.4, -0.2) is 20.6 Å². The number of aromatic nitrogens is 2. The first-order chi connectivity index (χ1) is 12.0. The van der Waals surface area contributed by atoms with Gasteiger partial charge in [0.15, 0.2) is 5.69 Å². The third-order valence-corrected chi connectivity index (χ3v) is 4.54. The Kier molecular flexibility index (Phi) is 5.29. The number of halogens is 2. The minimum Gasteiger partial charge on any atom is -0.493 e. The van der Waals surface area contributed by atoms with E-state index in [2.05, 4.69) is 47.1 Å². The van der Waals surface area contributed by atoms with Gasteiger partial charge in [0, 0.05) is 33.3 Å². The van der Waals surface area contributed by atoms with Gasteiger partial charge in [-0.15, -0.1) is 10.2 Å². The number of hydrogen-bond donors (Lipinski definition) is 1. The van der Waals surface area contributed by atoms with Gasteiger partial charge in [-0.1, -0.05) is 22.9 Å². The van der Waals surface area contributed by atoms with Crippen LogP contribution < -0.4 is 0 Å². The van der Waals surface area contributed by atoms with Gasteiger partial charge in [0.25, 0.3) is 5.91 Å². The van der Waals surface area contributed by atoms with Gasteiger partial charge >= 0.3 is 0 Å². The molecule has 3 aromatic rings. The molecular formula is C17H14Br2N4O2. The second-order valence-corrected chi connectivity index (χ2v) is 7.21. The lowest BCUT2D eigenvalue weighted by Gasteiger charge is -2.03. The number of hydrogen-bond acceptors (Lipinski definition) is 4. The zero-order valence-electron chi connectivity index (χ0n) is 13.3. The highest BCUT2D eigenvalue weighted by atomic mass is 79.9. The normalized spacial score (nSPS) is 11.5. The van der Waals surface area contributed by atoms with Crippen molar-refractivity contribution < 1.29 is 9.90 Å². The number of benzene rings is 1. The summed E-state index contributed by atoms with van der Waals surface area (Å²) in [5.74, 6) is -0.529. The maximum Gasteiger partial charge on any atom is 0.297 e. The highest BCUT2D eigenvalue weighted by Gasteiger charge is 2.17. The monoisotopic (exact) mass is 464 g/mol. The Labute approximate surface area is 160 Å². The van der Waals surface area contributed by atoms with Gasteiger partial charge in [-0.3, -0.25) is 9.78 Å². The maximum atomic E-state index is 12.2. The first kappa shape index (κ1) is 17.8. The topological polar surface area (TPSA) is 79.8 Å². The molecule has 1 amide bonds. The van der Waals surface area contributed by atoms with Gasteiger partial charge in [0.2, 0.25) is 5.88 Å². The summed E-state index contributed by atoms with van der Waals surface area (Å²) in [7, 11) is 0. The molecule has 3 rings (SSSR count). The molecule has 0 radical (unpaired) electrons. The van der Waals surface area contributed by atoms with Crippen LogP contribution in [-0.2, 0) is 6.54 Å². The minimum atomic E-state index is -0.528. The van der Waals surface area contributed by atoms with Crippen molar-refractivity contribution in [2.75, 3.05) is 0 Å². The zero-order chi connectivity index (χ0) is 18.0. The third kappa shape index (κ3) is 3.64. The summed E-state index contributed by atoms with van der Waals surface area (Å²) < 4.78 is 3.30. The highest BCUT2D eigenvalue weighted by Crippen LogP contribution is 2.40. The molecule has 0 saturated carbocycles. The number of fused-ring (bicyclic) bond motifs is 1. The smallest absolute Gasteiger partial charge is 0.297 e. The second kappa shape index (κ2) is 7.45. The lowest BCUT2D eigenvalue weighted by Crippen LogP contribution is -1.95. The van der Waals surface area contributed by atoms with E-state index in [1.165, 1.54) is 6.20 Å². The molecule has 2 heterocycles. The molecule has 0 fully saturated rings. The van der Waals surface area contributed by atoms with Crippen molar-refractivity contribution in [1.82, 2.24) is 9.55 Å². The average Bonchev–Trinajstić information content (AvgIpc) is 2.84. The van der Waals surface area contributed by atoms with E-state index in [1.807, 2.05) is 25.1 Å². The molecule has 6 nitrogen and oxygen atoms in total. The SMILES string of the molecule is CCCn1c(O)c(N=NC(=O)c2cncc(Br)c2)c2cc(Br)ccc21. The molecule has 0 atom stereocenters. The summed E-state index contributed by atoms with van der Waals surface area (Å²) in [6, 6.07) is 7.26. The van der Waals surface area contributed by atoms with Gasteiger partial charge < -0.3 is 9.67 Å². The summed E-state index contributed by atoms with van der Waals surface area (Å²) in [4.78, 5) is 16.1. The predicted molar refractivity (Wildman–Crippen MR) is 102 cm³/mol. The van der Waals surface area contributed by atoms with E-state index in [0.29, 0.717) is 16.6 Å². The molecule has 0 aliphatic carbocycles. The Morgan fingerprint density at radius 1 is 1.24 bits per heavy atom. The molecule has 128 valence electrons. The molecule has 8 heteroatoms. The molecule has 1 N–H and O–H groups in total. The summed E-state index contributed by atoms with van der Waals surface area (Å²) in [6.07, 6.45) is 3.85. The largest absolute Gasteiger partial charge is 0.493 e. The number of rotatable bonds is 4. The van der Waals surface area contributed by atoms with Crippen LogP contribution in [0.25, 0.3) is 10.9 Å². The van der Waals surface area contributed by atoms with Crippen molar-refractivity contribution in [1.29, 1.82) is 0 Å². The van der Waals surface area contributed by atoms with Crippen LogP contribution in [0, 0.1) is 0 Å². The van der Waals surface area contributed by atoms with Crippen LogP contribution in [0.5, 0.6) is 5.88 Å². The van der Waals surface area contributed by atoms with E-state index in [9.17, 15) is 9.90 Å². The highest BCUT2D eigenvalue weighted by molar-refractivity contribution is 9.10. The Morgan fingerprint density at radius 2 is 2.04 bits per heavy atom. The molecule has 0 bridgehead atoms. The van der Waals surface area contributed by atoms with Gasteiger partial charge in [0.05, 0.1) is 11.1 Å². The number of amides is 1. The van der Waals surface area contributed by atoms with Crippen molar-refractivity contribution in [2.45, 2.75) is 19.9 Å². The first-order valence-electron chi connectivity index (χ1n) is 7.58. The Morgan fingerprint density at radius 3 is 2.76 bits per heavy atom. The molecule has 0 unspecified atom stereocenters. The third-order valence-electron chi connectivity index (χ3n) is 3.61. The van der Waals surface area contributed by atoms with Gasteiger partial charge in [-0.25, -0.2) is 0 Å². The van der Waals surface area contributed by atoms with Gasteiger partial charge in [0.1, 0.15) is 0 Å². The van der Waals surface area contributed by atoms with Gasteiger partial charge in [-0.05, 0) is 46.6 Å². The minimum absolute atomic E-state index is 0.00105. The average molecular weight is 466 g/mol. The quantitative estimate of drug-likeness (QED) is 0.509. The predicted octanol–water partition coefficient (Wildman–Crippen LogP) is 5.60. The van der Waals surface area contributed by atoms with E-state index in [4.69, 9.17) is 0 Å². The van der Waals surface area contributed by atoms with Crippen molar-refractivity contribution in [2.24, 2.45) is 10.2 Å². The molecule has 25 heavy (non-hydrogen) atoms. The van der Waals surface area contributed by atoms with E-state index in [-0.39, 0.29) is 11.6 Å². The maximum absolute atomic E-state index is 12.2. The summed E-state index contributed by atoms with van der Waals surface area (Å²) in [5.41, 5.74) is 1.44. The lowest BCUT2D eigenvalue weighted by atomic mass is 10.2. The van der Waals surface area contributed by atoms with Crippen LogP contribution in [0.4, 0.5) is 5.69 Å². The Hall–Kier alpha value is -2.06. The number of aromatic hydroxyl groups is 1. The van der Waals surface area contributed by atoms with Crippen molar-refractivity contribution >= 4 is 54.4 Å². The number of carbonyl (C=O) groups is 1. The number of nitrogens with zero attached hydrogens (tertiary/aromatic N) is 4. The number of aryl methyl sites for hydroxylation is 1. The van der Waals surface area contributed by atoms with Crippen molar-refractivity contribution in [3.63, 3.8) is 0 Å². The van der Waals surface area contributed by atoms with E-state index >= 15 is 0 Å². The fourth-order valence-electron chi connectivity index (χ4n) is 2.53. The van der Waals surface area contributed by atoms with E-state index in [1.54, 1.807) is 16.8 Å². The summed E-state index contributed by atoms with van der Waals surface area (Å²) in [5, 5.41) is 19.0.